The van der Waals surface area contributed by atoms with E-state index in [1.807, 2.05) is 30.5 Å². The minimum absolute atomic E-state index is 0.193. The molecule has 0 aliphatic carbocycles. The van der Waals surface area contributed by atoms with Crippen LogP contribution in [-0.2, 0) is 16.0 Å². The molecular weight excluding hydrogens is 216 g/mol. The van der Waals surface area contributed by atoms with Crippen LogP contribution in [-0.4, -0.2) is 23.2 Å². The normalized spacial score (nSPS) is 12.3. The number of carbonyl (C=O) groups is 2. The SMILES string of the molecule is CC(=O)N[C@H](C=O)Cc1c[nH]c2ccccc12. The Morgan fingerprint density at radius 2 is 2.24 bits per heavy atom. The second kappa shape index (κ2) is 4.82. The van der Waals surface area contributed by atoms with Gasteiger partial charge < -0.3 is 15.1 Å². The van der Waals surface area contributed by atoms with Crippen molar-refractivity contribution in [2.45, 2.75) is 19.4 Å². The Bertz CT molecular complexity index is 545. The highest BCUT2D eigenvalue weighted by molar-refractivity contribution is 5.84. The van der Waals surface area contributed by atoms with E-state index in [4.69, 9.17) is 0 Å². The molecule has 0 saturated heterocycles. The third kappa shape index (κ3) is 2.53. The number of carbonyl (C=O) groups excluding carboxylic acids is 2. The first kappa shape index (κ1) is 11.4. The maximum Gasteiger partial charge on any atom is 0.217 e. The summed E-state index contributed by atoms with van der Waals surface area (Å²) in [5.74, 6) is -0.193. The second-order valence-electron chi connectivity index (χ2n) is 4.01. The number of nitrogens with one attached hydrogen (secondary N) is 2. The molecule has 1 heterocycles. The van der Waals surface area contributed by atoms with Gasteiger partial charge in [-0.15, -0.1) is 0 Å². The number of hydrogen-bond acceptors (Lipinski definition) is 2. The predicted molar refractivity (Wildman–Crippen MR) is 65.7 cm³/mol. The third-order valence-electron chi connectivity index (χ3n) is 2.67. The molecule has 1 amide bonds. The highest BCUT2D eigenvalue weighted by Crippen LogP contribution is 2.18. The van der Waals surface area contributed by atoms with Crippen molar-refractivity contribution >= 4 is 23.1 Å². The van der Waals surface area contributed by atoms with E-state index < -0.39 is 6.04 Å². The fraction of sp³-hybridized carbons (Fsp3) is 0.231. The summed E-state index contributed by atoms with van der Waals surface area (Å²) in [6.45, 7) is 1.41. The summed E-state index contributed by atoms with van der Waals surface area (Å²) >= 11 is 0. The van der Waals surface area contributed by atoms with E-state index in [1.165, 1.54) is 6.92 Å². The molecule has 0 spiro atoms. The van der Waals surface area contributed by atoms with E-state index in [2.05, 4.69) is 10.3 Å². The summed E-state index contributed by atoms with van der Waals surface area (Å²) in [7, 11) is 0. The minimum Gasteiger partial charge on any atom is -0.361 e. The van der Waals surface area contributed by atoms with Crippen LogP contribution in [0.25, 0.3) is 10.9 Å². The van der Waals surface area contributed by atoms with E-state index in [1.54, 1.807) is 0 Å². The van der Waals surface area contributed by atoms with Crippen molar-refractivity contribution in [3.8, 4) is 0 Å². The molecule has 88 valence electrons. The first-order valence-corrected chi connectivity index (χ1v) is 5.48. The molecule has 2 rings (SSSR count). The Kier molecular flexibility index (Phi) is 3.23. The number of para-hydroxylation sites is 1. The first-order chi connectivity index (χ1) is 8.20. The Morgan fingerprint density at radius 1 is 1.47 bits per heavy atom. The number of hydrogen-bond donors (Lipinski definition) is 2. The zero-order chi connectivity index (χ0) is 12.3. The van der Waals surface area contributed by atoms with Gasteiger partial charge in [-0.3, -0.25) is 4.79 Å². The Balaban J connectivity index is 2.22. The van der Waals surface area contributed by atoms with E-state index in [0.29, 0.717) is 6.42 Å². The van der Waals surface area contributed by atoms with Crippen molar-refractivity contribution in [3.05, 3.63) is 36.0 Å². The number of H-pyrrole nitrogens is 1. The van der Waals surface area contributed by atoms with Gasteiger partial charge in [-0.1, -0.05) is 18.2 Å². The Morgan fingerprint density at radius 3 is 2.94 bits per heavy atom. The summed E-state index contributed by atoms with van der Waals surface area (Å²) in [6, 6.07) is 7.41. The van der Waals surface area contributed by atoms with Gasteiger partial charge in [-0.05, 0) is 11.6 Å². The second-order valence-corrected chi connectivity index (χ2v) is 4.01. The van der Waals surface area contributed by atoms with Gasteiger partial charge in [0, 0.05) is 30.4 Å². The van der Waals surface area contributed by atoms with E-state index in [0.717, 1.165) is 22.8 Å². The van der Waals surface area contributed by atoms with Crippen molar-refractivity contribution in [1.29, 1.82) is 0 Å². The largest absolute Gasteiger partial charge is 0.361 e. The van der Waals surface area contributed by atoms with Crippen LogP contribution in [0.5, 0.6) is 0 Å². The maximum absolute atomic E-state index is 10.9. The summed E-state index contributed by atoms with van der Waals surface area (Å²) in [4.78, 5) is 24.9. The Hall–Kier alpha value is -2.10. The topological polar surface area (TPSA) is 62.0 Å². The fourth-order valence-electron chi connectivity index (χ4n) is 1.93. The summed E-state index contributed by atoms with van der Waals surface area (Å²) in [5.41, 5.74) is 2.07. The van der Waals surface area contributed by atoms with Crippen LogP contribution in [0, 0.1) is 0 Å². The molecule has 1 aromatic carbocycles. The molecule has 0 aliphatic heterocycles. The molecule has 4 nitrogen and oxygen atoms in total. The van der Waals surface area contributed by atoms with Gasteiger partial charge >= 0.3 is 0 Å². The van der Waals surface area contributed by atoms with Gasteiger partial charge in [0.05, 0.1) is 6.04 Å². The standard InChI is InChI=1S/C13H14N2O2/c1-9(17)15-11(8-16)6-10-7-14-13-5-3-2-4-12(10)13/h2-5,7-8,11,14H,6H2,1H3,(H,15,17)/t11-/m0/s1. The smallest absolute Gasteiger partial charge is 0.217 e. The van der Waals surface area contributed by atoms with E-state index >= 15 is 0 Å². The van der Waals surface area contributed by atoms with Crippen LogP contribution >= 0.6 is 0 Å². The van der Waals surface area contributed by atoms with Gasteiger partial charge in [-0.25, -0.2) is 0 Å². The van der Waals surface area contributed by atoms with Crippen LogP contribution in [0.2, 0.25) is 0 Å². The third-order valence-corrected chi connectivity index (χ3v) is 2.67. The van der Waals surface area contributed by atoms with Crippen LogP contribution in [0.1, 0.15) is 12.5 Å². The van der Waals surface area contributed by atoms with Crippen LogP contribution in [0.3, 0.4) is 0 Å². The number of benzene rings is 1. The van der Waals surface area contributed by atoms with E-state index in [-0.39, 0.29) is 5.91 Å². The van der Waals surface area contributed by atoms with Crippen LogP contribution in [0.4, 0.5) is 0 Å². The van der Waals surface area contributed by atoms with Gasteiger partial charge in [0.15, 0.2) is 0 Å². The average molecular weight is 230 g/mol. The van der Waals surface area contributed by atoms with Gasteiger partial charge in [-0.2, -0.15) is 0 Å². The molecule has 0 aliphatic rings. The average Bonchev–Trinajstić information content (AvgIpc) is 2.71. The quantitative estimate of drug-likeness (QED) is 0.780. The zero-order valence-corrected chi connectivity index (χ0v) is 9.57. The predicted octanol–water partition coefficient (Wildman–Crippen LogP) is 1.41. The lowest BCUT2D eigenvalue weighted by atomic mass is 10.1. The number of rotatable bonds is 4. The lowest BCUT2D eigenvalue weighted by molar-refractivity contribution is -0.122. The monoisotopic (exact) mass is 230 g/mol. The molecule has 2 aromatic rings. The maximum atomic E-state index is 10.9. The van der Waals surface area contributed by atoms with Crippen molar-refractivity contribution in [3.63, 3.8) is 0 Å². The van der Waals surface area contributed by atoms with Gasteiger partial charge in [0.25, 0.3) is 0 Å². The lowest BCUT2D eigenvalue weighted by Gasteiger charge is -2.10. The number of aromatic amines is 1. The zero-order valence-electron chi connectivity index (χ0n) is 9.57. The van der Waals surface area contributed by atoms with Crippen LogP contribution in [0.15, 0.2) is 30.5 Å². The van der Waals surface area contributed by atoms with Crippen molar-refractivity contribution in [2.24, 2.45) is 0 Å². The highest BCUT2D eigenvalue weighted by atomic mass is 16.2. The molecule has 0 saturated carbocycles. The molecule has 0 unspecified atom stereocenters. The first-order valence-electron chi connectivity index (χ1n) is 5.48. The summed E-state index contributed by atoms with van der Waals surface area (Å²) in [6.07, 6.45) is 3.15. The molecule has 4 heteroatoms. The molecule has 2 N–H and O–H groups in total. The molecule has 0 bridgehead atoms. The molecule has 0 fully saturated rings. The molecular formula is C13H14N2O2. The molecule has 0 radical (unpaired) electrons. The van der Waals surface area contributed by atoms with Gasteiger partial charge in [0.2, 0.25) is 5.91 Å². The fourth-order valence-corrected chi connectivity index (χ4v) is 1.93. The lowest BCUT2D eigenvalue weighted by Crippen LogP contribution is -2.35. The number of amides is 1. The Labute approximate surface area is 99.0 Å². The van der Waals surface area contributed by atoms with Crippen molar-refractivity contribution in [1.82, 2.24) is 10.3 Å². The molecule has 17 heavy (non-hydrogen) atoms. The number of fused-ring (bicyclic) bond motifs is 1. The molecule has 1 atom stereocenters. The number of aldehydes is 1. The van der Waals surface area contributed by atoms with Gasteiger partial charge in [0.1, 0.15) is 6.29 Å². The van der Waals surface area contributed by atoms with Crippen molar-refractivity contribution < 1.29 is 9.59 Å². The minimum atomic E-state index is -0.466. The number of aromatic nitrogens is 1. The van der Waals surface area contributed by atoms with E-state index in [9.17, 15) is 9.59 Å². The van der Waals surface area contributed by atoms with Crippen molar-refractivity contribution in [2.75, 3.05) is 0 Å². The highest BCUT2D eigenvalue weighted by Gasteiger charge is 2.12. The summed E-state index contributed by atoms with van der Waals surface area (Å²) < 4.78 is 0. The summed E-state index contributed by atoms with van der Waals surface area (Å²) in [5, 5.41) is 3.70. The van der Waals surface area contributed by atoms with Crippen LogP contribution < -0.4 is 5.32 Å². The molecule has 1 aromatic heterocycles.